The van der Waals surface area contributed by atoms with Gasteiger partial charge in [0.1, 0.15) is 5.82 Å². The van der Waals surface area contributed by atoms with Crippen molar-refractivity contribution in [2.24, 2.45) is 0 Å². The number of benzene rings is 1. The van der Waals surface area contributed by atoms with E-state index in [0.717, 1.165) is 22.3 Å². The van der Waals surface area contributed by atoms with Gasteiger partial charge in [-0.1, -0.05) is 18.2 Å². The zero-order valence-corrected chi connectivity index (χ0v) is 8.01. The topological polar surface area (TPSA) is 41.6 Å². The maximum atomic E-state index is 4.31. The van der Waals surface area contributed by atoms with Gasteiger partial charge in [0.05, 0.1) is 5.52 Å². The molecule has 72 valence electrons. The van der Waals surface area contributed by atoms with Crippen LogP contribution in [0.5, 0.6) is 0 Å². The van der Waals surface area contributed by atoms with E-state index in [1.54, 1.807) is 12.4 Å². The molecule has 1 aromatic carbocycles. The molecule has 0 spiro atoms. The second kappa shape index (κ2) is 3.20. The lowest BCUT2D eigenvalue weighted by Crippen LogP contribution is -1.85. The molecular formula is C12H9N3. The van der Waals surface area contributed by atoms with Gasteiger partial charge in [0.15, 0.2) is 0 Å². The Morgan fingerprint density at radius 1 is 0.933 bits per heavy atom. The van der Waals surface area contributed by atoms with Crippen LogP contribution in [0.2, 0.25) is 0 Å². The third kappa shape index (κ3) is 1.29. The van der Waals surface area contributed by atoms with Crippen molar-refractivity contribution in [1.82, 2.24) is 15.0 Å². The Morgan fingerprint density at radius 2 is 1.87 bits per heavy atom. The van der Waals surface area contributed by atoms with Crippen LogP contribution in [0.4, 0.5) is 0 Å². The number of hydrogen-bond acceptors (Lipinski definition) is 2. The molecule has 0 fully saturated rings. The molecule has 0 aliphatic rings. The molecule has 0 aliphatic heterocycles. The minimum atomic E-state index is 0.883. The van der Waals surface area contributed by atoms with E-state index in [9.17, 15) is 0 Å². The summed E-state index contributed by atoms with van der Waals surface area (Å²) in [7, 11) is 0. The van der Waals surface area contributed by atoms with Crippen molar-refractivity contribution >= 4 is 10.9 Å². The molecule has 3 aromatic rings. The second-order valence-corrected chi connectivity index (χ2v) is 3.31. The fourth-order valence-electron chi connectivity index (χ4n) is 1.71. The van der Waals surface area contributed by atoms with Crippen molar-refractivity contribution in [2.75, 3.05) is 0 Å². The van der Waals surface area contributed by atoms with Gasteiger partial charge < -0.3 is 4.98 Å². The van der Waals surface area contributed by atoms with Gasteiger partial charge >= 0.3 is 0 Å². The normalized spacial score (nSPS) is 10.7. The average molecular weight is 195 g/mol. The first kappa shape index (κ1) is 8.17. The highest BCUT2D eigenvalue weighted by Crippen LogP contribution is 2.23. The van der Waals surface area contributed by atoms with E-state index in [-0.39, 0.29) is 0 Å². The first-order chi connectivity index (χ1) is 7.45. The number of aromatic nitrogens is 3. The van der Waals surface area contributed by atoms with Gasteiger partial charge in [-0.2, -0.15) is 0 Å². The van der Waals surface area contributed by atoms with Crippen LogP contribution in [-0.4, -0.2) is 15.0 Å². The Kier molecular flexibility index (Phi) is 1.75. The van der Waals surface area contributed by atoms with Gasteiger partial charge in [-0.15, -0.1) is 0 Å². The van der Waals surface area contributed by atoms with Crippen molar-refractivity contribution in [3.63, 3.8) is 0 Å². The Balaban J connectivity index is 2.36. The van der Waals surface area contributed by atoms with Gasteiger partial charge in [0, 0.05) is 29.5 Å². The number of rotatable bonds is 1. The van der Waals surface area contributed by atoms with Gasteiger partial charge in [0.25, 0.3) is 0 Å². The van der Waals surface area contributed by atoms with Crippen LogP contribution in [0.3, 0.4) is 0 Å². The number of para-hydroxylation sites is 1. The Hall–Kier alpha value is -2.16. The highest BCUT2D eigenvalue weighted by Gasteiger charge is 2.04. The minimum absolute atomic E-state index is 0.883. The molecule has 0 unspecified atom stereocenters. The van der Waals surface area contributed by atoms with Crippen LogP contribution in [-0.2, 0) is 0 Å². The highest BCUT2D eigenvalue weighted by molar-refractivity contribution is 5.92. The Labute approximate surface area is 86.8 Å². The van der Waals surface area contributed by atoms with E-state index >= 15 is 0 Å². The molecular weight excluding hydrogens is 186 g/mol. The molecule has 2 heterocycles. The summed E-state index contributed by atoms with van der Waals surface area (Å²) in [5, 5.41) is 1.12. The van der Waals surface area contributed by atoms with E-state index in [1.807, 2.05) is 30.5 Å². The van der Waals surface area contributed by atoms with E-state index in [4.69, 9.17) is 0 Å². The highest BCUT2D eigenvalue weighted by atomic mass is 14.9. The summed E-state index contributed by atoms with van der Waals surface area (Å²) in [6.45, 7) is 0. The summed E-state index contributed by atoms with van der Waals surface area (Å²) in [5.74, 6) is 0.883. The largest absolute Gasteiger partial charge is 0.345 e. The SMILES string of the molecule is c1ccc2c(-c3ncc[nH]3)ccnc2c1. The average Bonchev–Trinajstić information content (AvgIpc) is 2.82. The number of H-pyrrole nitrogens is 1. The number of nitrogens with one attached hydrogen (secondary N) is 1. The molecule has 15 heavy (non-hydrogen) atoms. The lowest BCUT2D eigenvalue weighted by Gasteiger charge is -2.02. The molecule has 0 radical (unpaired) electrons. The number of pyridine rings is 1. The molecule has 0 aliphatic carbocycles. The predicted octanol–water partition coefficient (Wildman–Crippen LogP) is 2.62. The molecule has 3 nitrogen and oxygen atoms in total. The lowest BCUT2D eigenvalue weighted by molar-refractivity contribution is 1.30. The van der Waals surface area contributed by atoms with Crippen LogP contribution in [0.1, 0.15) is 0 Å². The van der Waals surface area contributed by atoms with Gasteiger partial charge in [0.2, 0.25) is 0 Å². The van der Waals surface area contributed by atoms with Crippen LogP contribution < -0.4 is 0 Å². The fourth-order valence-corrected chi connectivity index (χ4v) is 1.71. The van der Waals surface area contributed by atoms with Crippen molar-refractivity contribution in [3.8, 4) is 11.4 Å². The molecule has 1 N–H and O–H groups in total. The zero-order valence-electron chi connectivity index (χ0n) is 8.01. The monoisotopic (exact) mass is 195 g/mol. The van der Waals surface area contributed by atoms with Crippen LogP contribution >= 0.6 is 0 Å². The predicted molar refractivity (Wildman–Crippen MR) is 59.3 cm³/mol. The summed E-state index contributed by atoms with van der Waals surface area (Å²) >= 11 is 0. The maximum absolute atomic E-state index is 4.31. The Bertz CT molecular complexity index is 579. The minimum Gasteiger partial charge on any atom is -0.345 e. The maximum Gasteiger partial charge on any atom is 0.138 e. The number of hydrogen-bond donors (Lipinski definition) is 1. The van der Waals surface area contributed by atoms with Crippen LogP contribution in [0.25, 0.3) is 22.3 Å². The first-order valence-electron chi connectivity index (χ1n) is 4.78. The Morgan fingerprint density at radius 3 is 2.73 bits per heavy atom. The van der Waals surface area contributed by atoms with Gasteiger partial charge in [-0.25, -0.2) is 4.98 Å². The quantitative estimate of drug-likeness (QED) is 0.648. The molecule has 3 rings (SSSR count). The fraction of sp³-hybridized carbons (Fsp3) is 0. The van der Waals surface area contributed by atoms with Crippen molar-refractivity contribution in [3.05, 3.63) is 48.9 Å². The van der Waals surface area contributed by atoms with Crippen molar-refractivity contribution < 1.29 is 0 Å². The third-order valence-electron chi connectivity index (χ3n) is 2.40. The molecule has 0 amide bonds. The zero-order chi connectivity index (χ0) is 10.1. The summed E-state index contributed by atoms with van der Waals surface area (Å²) in [6.07, 6.45) is 5.38. The number of imidazole rings is 1. The smallest absolute Gasteiger partial charge is 0.138 e. The standard InChI is InChI=1S/C12H9N3/c1-2-4-11-9(3-1)10(5-6-13-11)12-14-7-8-15-12/h1-8H,(H,14,15). The molecule has 0 saturated heterocycles. The second-order valence-electron chi connectivity index (χ2n) is 3.31. The summed E-state index contributed by atoms with van der Waals surface area (Å²) in [6, 6.07) is 10.0. The van der Waals surface area contributed by atoms with E-state index in [2.05, 4.69) is 21.0 Å². The van der Waals surface area contributed by atoms with E-state index < -0.39 is 0 Å². The number of aromatic amines is 1. The molecule has 2 aromatic heterocycles. The van der Waals surface area contributed by atoms with Crippen molar-refractivity contribution in [1.29, 1.82) is 0 Å². The summed E-state index contributed by atoms with van der Waals surface area (Å²) in [5.41, 5.74) is 2.08. The van der Waals surface area contributed by atoms with Gasteiger partial charge in [-0.3, -0.25) is 4.98 Å². The first-order valence-corrected chi connectivity index (χ1v) is 4.78. The number of fused-ring (bicyclic) bond motifs is 1. The van der Waals surface area contributed by atoms with Crippen LogP contribution in [0, 0.1) is 0 Å². The summed E-state index contributed by atoms with van der Waals surface area (Å²) in [4.78, 5) is 11.7. The third-order valence-corrected chi connectivity index (χ3v) is 2.40. The summed E-state index contributed by atoms with van der Waals surface area (Å²) < 4.78 is 0. The lowest BCUT2D eigenvalue weighted by atomic mass is 10.1. The number of nitrogens with zero attached hydrogens (tertiary/aromatic N) is 2. The van der Waals surface area contributed by atoms with Gasteiger partial charge in [-0.05, 0) is 12.1 Å². The molecule has 0 bridgehead atoms. The molecule has 3 heteroatoms. The molecule has 0 atom stereocenters. The van der Waals surface area contributed by atoms with Crippen molar-refractivity contribution in [2.45, 2.75) is 0 Å². The van der Waals surface area contributed by atoms with E-state index in [1.165, 1.54) is 0 Å². The van der Waals surface area contributed by atoms with E-state index in [0.29, 0.717) is 0 Å². The molecule has 0 saturated carbocycles. The van der Waals surface area contributed by atoms with Crippen LogP contribution in [0.15, 0.2) is 48.9 Å².